The van der Waals surface area contributed by atoms with Gasteiger partial charge in [-0.2, -0.15) is 0 Å². The maximum absolute atomic E-state index is 11.2. The largest absolute Gasteiger partial charge is 0.513 e. The van der Waals surface area contributed by atoms with Crippen LogP contribution in [0.3, 0.4) is 0 Å². The molecule has 1 amide bonds. The van der Waals surface area contributed by atoms with E-state index in [2.05, 4.69) is 15.2 Å². The number of hydrogen-bond acceptors (Lipinski definition) is 7. The molecule has 0 aliphatic carbocycles. The smallest absolute Gasteiger partial charge is 0.437 e. The number of primary amides is 1. The van der Waals surface area contributed by atoms with Crippen molar-refractivity contribution in [2.75, 3.05) is 14.2 Å². The standard InChI is InChI=1S/C13H16N2O7/c1-19-12(17)21-9-4-3-7(5-8(14)11(15)16)6-10(9)22-13(18)20-2/h3-4,6,8H,5,14H2,1-2H3,(H2,15,16)/p+1. The van der Waals surface area contributed by atoms with Crippen LogP contribution >= 0.6 is 0 Å². The lowest BCUT2D eigenvalue weighted by Crippen LogP contribution is -2.67. The van der Waals surface area contributed by atoms with Gasteiger partial charge in [-0.3, -0.25) is 4.79 Å². The molecule has 0 aliphatic heterocycles. The van der Waals surface area contributed by atoms with E-state index in [0.29, 0.717) is 5.56 Å². The van der Waals surface area contributed by atoms with E-state index in [1.165, 1.54) is 12.1 Å². The predicted molar refractivity (Wildman–Crippen MR) is 72.1 cm³/mol. The molecule has 1 aromatic carbocycles. The maximum atomic E-state index is 11.2. The van der Waals surface area contributed by atoms with E-state index >= 15 is 0 Å². The minimum atomic E-state index is -0.993. The Balaban J connectivity index is 3.04. The van der Waals surface area contributed by atoms with E-state index in [0.717, 1.165) is 14.2 Å². The number of nitrogens with two attached hydrogens (primary N) is 1. The highest BCUT2D eigenvalue weighted by Gasteiger charge is 2.18. The average molecular weight is 313 g/mol. The third-order valence-electron chi connectivity index (χ3n) is 2.61. The summed E-state index contributed by atoms with van der Waals surface area (Å²) in [6.07, 6.45) is -1.74. The van der Waals surface area contributed by atoms with Gasteiger partial charge >= 0.3 is 12.3 Å². The first-order valence-electron chi connectivity index (χ1n) is 6.14. The van der Waals surface area contributed by atoms with Crippen molar-refractivity contribution in [3.05, 3.63) is 23.8 Å². The highest BCUT2D eigenvalue weighted by atomic mass is 16.7. The maximum Gasteiger partial charge on any atom is 0.513 e. The number of ether oxygens (including phenoxy) is 4. The van der Waals surface area contributed by atoms with Crippen LogP contribution < -0.4 is 20.9 Å². The highest BCUT2D eigenvalue weighted by molar-refractivity contribution is 5.78. The fraction of sp³-hybridized carbons (Fsp3) is 0.308. The van der Waals surface area contributed by atoms with Crippen LogP contribution in [0.4, 0.5) is 9.59 Å². The molecule has 9 nitrogen and oxygen atoms in total. The van der Waals surface area contributed by atoms with Crippen LogP contribution in [0.15, 0.2) is 18.2 Å². The van der Waals surface area contributed by atoms with E-state index in [4.69, 9.17) is 15.2 Å². The second-order valence-corrected chi connectivity index (χ2v) is 4.20. The molecule has 0 bridgehead atoms. The number of quaternary nitrogens is 1. The average Bonchev–Trinajstić information content (AvgIpc) is 2.49. The topological polar surface area (TPSA) is 142 Å². The molecular weight excluding hydrogens is 296 g/mol. The monoisotopic (exact) mass is 313 g/mol. The van der Waals surface area contributed by atoms with Crippen LogP contribution in [0.25, 0.3) is 0 Å². The minimum absolute atomic E-state index is 0.0410. The van der Waals surface area contributed by atoms with Gasteiger partial charge in [0.15, 0.2) is 17.5 Å². The van der Waals surface area contributed by atoms with Gasteiger partial charge < -0.3 is 30.4 Å². The van der Waals surface area contributed by atoms with E-state index in [1.54, 1.807) is 6.07 Å². The molecule has 22 heavy (non-hydrogen) atoms. The molecule has 0 spiro atoms. The lowest BCUT2D eigenvalue weighted by atomic mass is 10.1. The molecule has 0 heterocycles. The highest BCUT2D eigenvalue weighted by Crippen LogP contribution is 2.29. The summed E-state index contributed by atoms with van der Waals surface area (Å²) >= 11 is 0. The molecule has 1 aromatic rings. The van der Waals surface area contributed by atoms with Crippen molar-refractivity contribution in [3.63, 3.8) is 0 Å². The van der Waals surface area contributed by atoms with Gasteiger partial charge in [0.25, 0.3) is 5.91 Å². The van der Waals surface area contributed by atoms with E-state index in [1.807, 2.05) is 0 Å². The first-order valence-corrected chi connectivity index (χ1v) is 6.14. The summed E-state index contributed by atoms with van der Waals surface area (Å²) in [7, 11) is 2.27. The van der Waals surface area contributed by atoms with Crippen molar-refractivity contribution in [1.82, 2.24) is 0 Å². The van der Waals surface area contributed by atoms with E-state index in [9.17, 15) is 14.4 Å². The zero-order valence-corrected chi connectivity index (χ0v) is 12.2. The van der Waals surface area contributed by atoms with Gasteiger partial charge in [0.05, 0.1) is 14.2 Å². The lowest BCUT2D eigenvalue weighted by Gasteiger charge is -2.11. The molecule has 1 atom stereocenters. The summed E-state index contributed by atoms with van der Waals surface area (Å²) in [6.45, 7) is 0. The van der Waals surface area contributed by atoms with Gasteiger partial charge in [-0.25, -0.2) is 9.59 Å². The van der Waals surface area contributed by atoms with Gasteiger partial charge in [-0.05, 0) is 17.7 Å². The Hall–Kier alpha value is -2.81. The molecule has 0 aliphatic rings. The van der Waals surface area contributed by atoms with Crippen LogP contribution in [0.5, 0.6) is 11.5 Å². The Bertz CT molecular complexity index is 574. The van der Waals surface area contributed by atoms with Gasteiger partial charge in [0.1, 0.15) is 0 Å². The number of benzene rings is 1. The molecule has 0 saturated carbocycles. The lowest BCUT2D eigenvalue weighted by molar-refractivity contribution is -0.402. The minimum Gasteiger partial charge on any atom is -0.437 e. The molecule has 0 radical (unpaired) electrons. The van der Waals surface area contributed by atoms with Crippen LogP contribution in [-0.4, -0.2) is 38.5 Å². The first kappa shape index (κ1) is 17.2. The zero-order chi connectivity index (χ0) is 16.7. The van der Waals surface area contributed by atoms with Gasteiger partial charge in [0, 0.05) is 6.42 Å². The molecule has 0 fully saturated rings. The van der Waals surface area contributed by atoms with Crippen molar-refractivity contribution < 1.29 is 39.1 Å². The quantitative estimate of drug-likeness (QED) is 0.557. The summed E-state index contributed by atoms with van der Waals surface area (Å²) < 4.78 is 18.5. The molecular formula is C13H17N2O7+. The van der Waals surface area contributed by atoms with Crippen LogP contribution in [0.1, 0.15) is 5.56 Å². The summed E-state index contributed by atoms with van der Waals surface area (Å²) in [5.74, 6) is -0.669. The fourth-order valence-electron chi connectivity index (χ4n) is 1.49. The van der Waals surface area contributed by atoms with Crippen LogP contribution in [0.2, 0.25) is 0 Å². The predicted octanol–water partition coefficient (Wildman–Crippen LogP) is -0.385. The van der Waals surface area contributed by atoms with Crippen molar-refractivity contribution in [1.29, 1.82) is 0 Å². The summed E-state index contributed by atoms with van der Waals surface area (Å²) in [5, 5.41) is 0. The van der Waals surface area contributed by atoms with Crippen molar-refractivity contribution in [2.24, 2.45) is 5.73 Å². The number of hydrogen-bond donors (Lipinski definition) is 2. The Morgan fingerprint density at radius 1 is 1.09 bits per heavy atom. The SMILES string of the molecule is COC(=O)Oc1ccc(CC([NH3+])C(N)=O)cc1OC(=O)OC. The van der Waals surface area contributed by atoms with Crippen LogP contribution in [0, 0.1) is 0 Å². The summed E-state index contributed by atoms with van der Waals surface area (Å²) in [6, 6.07) is 3.72. The molecule has 1 rings (SSSR count). The van der Waals surface area contributed by atoms with Gasteiger partial charge in [-0.1, -0.05) is 6.07 Å². The Morgan fingerprint density at radius 3 is 2.14 bits per heavy atom. The molecule has 5 N–H and O–H groups in total. The molecule has 120 valence electrons. The molecule has 0 aromatic heterocycles. The van der Waals surface area contributed by atoms with E-state index in [-0.39, 0.29) is 17.9 Å². The number of carbonyl (C=O) groups excluding carboxylic acids is 3. The second kappa shape index (κ2) is 7.84. The summed E-state index contributed by atoms with van der Waals surface area (Å²) in [4.78, 5) is 33.4. The molecule has 1 unspecified atom stereocenters. The third kappa shape index (κ3) is 4.94. The van der Waals surface area contributed by atoms with Crippen molar-refractivity contribution in [3.8, 4) is 11.5 Å². The van der Waals surface area contributed by atoms with Crippen LogP contribution in [-0.2, 0) is 20.7 Å². The summed E-state index contributed by atoms with van der Waals surface area (Å²) in [5.41, 5.74) is 9.36. The van der Waals surface area contributed by atoms with Gasteiger partial charge in [-0.15, -0.1) is 0 Å². The van der Waals surface area contributed by atoms with Crippen molar-refractivity contribution in [2.45, 2.75) is 12.5 Å². The Morgan fingerprint density at radius 2 is 1.64 bits per heavy atom. The number of methoxy groups -OCH3 is 2. The number of rotatable bonds is 5. The zero-order valence-electron chi connectivity index (χ0n) is 12.2. The first-order chi connectivity index (χ1) is 10.4. The number of amides is 1. The Kier molecular flexibility index (Phi) is 6.14. The normalized spacial score (nSPS) is 11.2. The fourth-order valence-corrected chi connectivity index (χ4v) is 1.49. The molecule has 0 saturated heterocycles. The second-order valence-electron chi connectivity index (χ2n) is 4.20. The van der Waals surface area contributed by atoms with Gasteiger partial charge in [0.2, 0.25) is 0 Å². The Labute approximate surface area is 126 Å². The van der Waals surface area contributed by atoms with E-state index < -0.39 is 24.3 Å². The third-order valence-corrected chi connectivity index (χ3v) is 2.61. The molecule has 9 heteroatoms. The number of carbonyl (C=O) groups is 3. The van der Waals surface area contributed by atoms with Crippen molar-refractivity contribution >= 4 is 18.2 Å².